The molecule has 1 aliphatic rings. The van der Waals surface area contributed by atoms with Gasteiger partial charge in [-0.2, -0.15) is 0 Å². The van der Waals surface area contributed by atoms with Gasteiger partial charge < -0.3 is 20.8 Å². The molecule has 0 aliphatic heterocycles. The van der Waals surface area contributed by atoms with E-state index < -0.39 is 24.3 Å². The van der Waals surface area contributed by atoms with Crippen LogP contribution in [0, 0.1) is 0 Å². The van der Waals surface area contributed by atoms with Crippen LogP contribution in [0.3, 0.4) is 0 Å². The SMILES string of the molecule is O=C(Cc1cccc(Cl)c1)Nc1cc(Cl)c(C(=O)N[C@@H](CNC(O)NC2CCc3ccccc32)C(=O)O)c(Cl)c1. The van der Waals surface area contributed by atoms with Crippen LogP contribution in [0.5, 0.6) is 0 Å². The highest BCUT2D eigenvalue weighted by Crippen LogP contribution is 2.31. The Morgan fingerprint density at radius 2 is 1.70 bits per heavy atom. The van der Waals surface area contributed by atoms with E-state index in [2.05, 4.69) is 21.3 Å². The number of carbonyl (C=O) groups excluding carboxylic acids is 2. The second-order valence-electron chi connectivity index (χ2n) is 9.30. The molecule has 0 aromatic heterocycles. The molecule has 210 valence electrons. The lowest BCUT2D eigenvalue weighted by Gasteiger charge is -2.23. The molecule has 9 nitrogen and oxygen atoms in total. The largest absolute Gasteiger partial charge is 0.480 e. The predicted octanol–water partition coefficient (Wildman–Crippen LogP) is 4.15. The zero-order valence-corrected chi connectivity index (χ0v) is 23.4. The van der Waals surface area contributed by atoms with Gasteiger partial charge in [0.15, 0.2) is 6.35 Å². The zero-order valence-electron chi connectivity index (χ0n) is 21.1. The van der Waals surface area contributed by atoms with E-state index in [0.717, 1.165) is 18.4 Å². The molecule has 40 heavy (non-hydrogen) atoms. The maximum absolute atomic E-state index is 12.9. The molecule has 0 fully saturated rings. The van der Waals surface area contributed by atoms with Crippen LogP contribution in [-0.4, -0.2) is 46.9 Å². The Kier molecular flexibility index (Phi) is 10.0. The molecule has 0 bridgehead atoms. The lowest BCUT2D eigenvalue weighted by molar-refractivity contribution is -0.139. The molecule has 0 radical (unpaired) electrons. The number of aryl methyl sites for hydroxylation is 1. The number of carboxylic acid groups (broad SMARTS) is 1. The number of rotatable bonds is 11. The van der Waals surface area contributed by atoms with Crippen LogP contribution in [0.1, 0.15) is 39.5 Å². The predicted molar refractivity (Wildman–Crippen MR) is 154 cm³/mol. The van der Waals surface area contributed by atoms with Gasteiger partial charge in [-0.15, -0.1) is 0 Å². The first kappa shape index (κ1) is 29.8. The molecule has 3 aromatic carbocycles. The standard InChI is InChI=1S/C28H27Cl3N4O5/c29-17-6-3-4-15(10-17)11-24(36)33-18-12-20(30)25(21(31)13-18)26(37)34-23(27(38)39)14-32-28(40)35-22-9-8-16-5-1-2-7-19(16)22/h1-7,10,12-13,22-23,28,32,35,40H,8-9,11,14H2,(H,33,36)(H,34,37)(H,38,39)/t22?,23-,28?/m0/s1. The minimum Gasteiger partial charge on any atom is -0.480 e. The van der Waals surface area contributed by atoms with Gasteiger partial charge in [0.05, 0.1) is 22.0 Å². The molecule has 6 N–H and O–H groups in total. The second kappa shape index (κ2) is 13.5. The number of halogens is 3. The van der Waals surface area contributed by atoms with E-state index in [0.29, 0.717) is 10.6 Å². The summed E-state index contributed by atoms with van der Waals surface area (Å²) < 4.78 is 0. The van der Waals surface area contributed by atoms with Gasteiger partial charge in [-0.3, -0.25) is 20.2 Å². The van der Waals surface area contributed by atoms with Crippen LogP contribution >= 0.6 is 34.8 Å². The molecule has 0 saturated carbocycles. The number of carbonyl (C=O) groups is 3. The van der Waals surface area contributed by atoms with E-state index in [1.165, 1.54) is 17.7 Å². The zero-order chi connectivity index (χ0) is 28.8. The number of anilines is 1. The molecule has 2 unspecified atom stereocenters. The molecule has 2 amide bonds. The summed E-state index contributed by atoms with van der Waals surface area (Å²) in [5.41, 5.74) is 3.10. The Bertz CT molecular complexity index is 1400. The Balaban J connectivity index is 1.34. The molecular formula is C28H27Cl3N4O5. The summed E-state index contributed by atoms with van der Waals surface area (Å²) >= 11 is 18.5. The molecular weight excluding hydrogens is 579 g/mol. The van der Waals surface area contributed by atoms with E-state index in [4.69, 9.17) is 34.8 Å². The third kappa shape index (κ3) is 7.72. The highest BCUT2D eigenvalue weighted by atomic mass is 35.5. The second-order valence-corrected chi connectivity index (χ2v) is 10.6. The number of carboxylic acids is 1. The summed E-state index contributed by atoms with van der Waals surface area (Å²) in [6, 6.07) is 16.0. The number of nitrogens with one attached hydrogen (secondary N) is 4. The first-order chi connectivity index (χ1) is 19.1. The number of aliphatic hydroxyl groups is 1. The van der Waals surface area contributed by atoms with Crippen molar-refractivity contribution in [1.29, 1.82) is 0 Å². The molecule has 12 heteroatoms. The summed E-state index contributed by atoms with van der Waals surface area (Å²) in [6.45, 7) is -0.281. The summed E-state index contributed by atoms with van der Waals surface area (Å²) in [7, 11) is 0. The van der Waals surface area contributed by atoms with Crippen molar-refractivity contribution in [2.24, 2.45) is 0 Å². The fraction of sp³-hybridized carbons (Fsp3) is 0.250. The normalized spacial score (nSPS) is 15.7. The van der Waals surface area contributed by atoms with Gasteiger partial charge in [0, 0.05) is 23.3 Å². The van der Waals surface area contributed by atoms with Crippen LogP contribution in [0.2, 0.25) is 15.1 Å². The Morgan fingerprint density at radius 1 is 0.975 bits per heavy atom. The van der Waals surface area contributed by atoms with Crippen molar-refractivity contribution >= 4 is 58.3 Å². The number of aliphatic carboxylic acids is 1. The number of amides is 2. The molecule has 0 heterocycles. The van der Waals surface area contributed by atoms with Crippen molar-refractivity contribution < 1.29 is 24.6 Å². The minimum atomic E-state index is -1.40. The highest BCUT2D eigenvalue weighted by molar-refractivity contribution is 6.40. The summed E-state index contributed by atoms with van der Waals surface area (Å²) in [6.07, 6.45) is 0.516. The van der Waals surface area contributed by atoms with Crippen molar-refractivity contribution in [3.05, 3.63) is 98.0 Å². The average Bonchev–Trinajstić information content (AvgIpc) is 3.28. The number of fused-ring (bicyclic) bond motifs is 1. The quantitative estimate of drug-likeness (QED) is 0.181. The van der Waals surface area contributed by atoms with Crippen LogP contribution in [0.25, 0.3) is 0 Å². The minimum absolute atomic E-state index is 0.0549. The lowest BCUT2D eigenvalue weighted by Crippen LogP contribution is -2.52. The van der Waals surface area contributed by atoms with E-state index in [1.54, 1.807) is 24.3 Å². The van der Waals surface area contributed by atoms with E-state index in [9.17, 15) is 24.6 Å². The maximum Gasteiger partial charge on any atom is 0.327 e. The lowest BCUT2D eigenvalue weighted by atomic mass is 10.1. The van der Waals surface area contributed by atoms with Gasteiger partial charge in [0.1, 0.15) is 6.04 Å². The number of hydrogen-bond donors (Lipinski definition) is 6. The third-order valence-electron chi connectivity index (χ3n) is 6.42. The molecule has 0 spiro atoms. The van der Waals surface area contributed by atoms with Gasteiger partial charge in [0.2, 0.25) is 5.91 Å². The van der Waals surface area contributed by atoms with Crippen LogP contribution in [-0.2, 0) is 22.4 Å². The van der Waals surface area contributed by atoms with Gasteiger partial charge in [-0.1, -0.05) is 71.2 Å². The van der Waals surface area contributed by atoms with E-state index in [1.807, 2.05) is 24.3 Å². The van der Waals surface area contributed by atoms with Gasteiger partial charge in [-0.05, 0) is 53.8 Å². The molecule has 3 aromatic rings. The van der Waals surface area contributed by atoms with E-state index >= 15 is 0 Å². The van der Waals surface area contributed by atoms with Crippen molar-refractivity contribution in [3.8, 4) is 0 Å². The fourth-order valence-corrected chi connectivity index (χ4v) is 5.41. The summed E-state index contributed by atoms with van der Waals surface area (Å²) in [5, 5.41) is 31.1. The molecule has 1 aliphatic carbocycles. The Hall–Kier alpha value is -3.18. The first-order valence-corrected chi connectivity index (χ1v) is 13.6. The van der Waals surface area contributed by atoms with Gasteiger partial charge in [-0.25, -0.2) is 4.79 Å². The van der Waals surface area contributed by atoms with Crippen molar-refractivity contribution in [2.75, 3.05) is 11.9 Å². The highest BCUT2D eigenvalue weighted by Gasteiger charge is 2.27. The number of benzene rings is 3. The maximum atomic E-state index is 12.9. The van der Waals surface area contributed by atoms with Crippen molar-refractivity contribution in [2.45, 2.75) is 37.7 Å². The Morgan fingerprint density at radius 3 is 2.40 bits per heavy atom. The fourth-order valence-electron chi connectivity index (χ4n) is 4.54. The van der Waals surface area contributed by atoms with Crippen LogP contribution < -0.4 is 21.3 Å². The monoisotopic (exact) mass is 604 g/mol. The van der Waals surface area contributed by atoms with Crippen molar-refractivity contribution in [1.82, 2.24) is 16.0 Å². The van der Waals surface area contributed by atoms with Gasteiger partial charge >= 0.3 is 5.97 Å². The number of aliphatic hydroxyl groups excluding tert-OH is 1. The smallest absolute Gasteiger partial charge is 0.327 e. The van der Waals surface area contributed by atoms with Crippen molar-refractivity contribution in [3.63, 3.8) is 0 Å². The third-order valence-corrected chi connectivity index (χ3v) is 7.25. The van der Waals surface area contributed by atoms with E-state index in [-0.39, 0.29) is 46.2 Å². The number of hydrogen-bond acceptors (Lipinski definition) is 6. The first-order valence-electron chi connectivity index (χ1n) is 12.4. The molecule has 3 atom stereocenters. The van der Waals surface area contributed by atoms with Crippen LogP contribution in [0.15, 0.2) is 60.7 Å². The van der Waals surface area contributed by atoms with Crippen LogP contribution in [0.4, 0.5) is 5.69 Å². The summed E-state index contributed by atoms with van der Waals surface area (Å²) in [5.74, 6) is -2.50. The molecule has 4 rings (SSSR count). The average molecular weight is 606 g/mol. The summed E-state index contributed by atoms with van der Waals surface area (Å²) in [4.78, 5) is 37.2. The topological polar surface area (TPSA) is 140 Å². The Labute approximate surface area is 245 Å². The molecule has 0 saturated heterocycles. The van der Waals surface area contributed by atoms with Gasteiger partial charge in [0.25, 0.3) is 5.91 Å².